The Hall–Kier alpha value is -2.54. The Morgan fingerprint density at radius 3 is 2.38 bits per heavy atom. The second-order valence-corrected chi connectivity index (χ2v) is 7.17. The Balaban J connectivity index is 1.44. The van der Waals surface area contributed by atoms with Gasteiger partial charge in [0.1, 0.15) is 12.4 Å². The van der Waals surface area contributed by atoms with Crippen LogP contribution in [0.5, 0.6) is 5.75 Å². The lowest BCUT2D eigenvalue weighted by molar-refractivity contribution is 0.306. The number of benzene rings is 3. The molecule has 131 valence electrons. The van der Waals surface area contributed by atoms with E-state index in [1.807, 2.05) is 18.2 Å². The molecule has 0 spiro atoms. The highest BCUT2D eigenvalue weighted by atomic mass is 16.5. The van der Waals surface area contributed by atoms with Crippen LogP contribution in [0.4, 0.5) is 0 Å². The van der Waals surface area contributed by atoms with Crippen molar-refractivity contribution in [3.05, 3.63) is 90.0 Å². The average molecular weight is 341 g/mol. The van der Waals surface area contributed by atoms with Gasteiger partial charge in [-0.25, -0.2) is 0 Å². The first-order valence-electron chi connectivity index (χ1n) is 9.67. The molecule has 0 atom stereocenters. The highest BCUT2D eigenvalue weighted by Gasteiger charge is 2.15. The van der Waals surface area contributed by atoms with Crippen LogP contribution < -0.4 is 4.74 Å². The Morgan fingerprint density at radius 1 is 0.846 bits per heavy atom. The molecule has 0 aromatic heterocycles. The molecule has 1 saturated carbocycles. The molecule has 3 aromatic rings. The molecule has 0 N–H and O–H groups in total. The molecule has 4 rings (SSSR count). The summed E-state index contributed by atoms with van der Waals surface area (Å²) in [6.45, 7) is 0.601. The predicted molar refractivity (Wildman–Crippen MR) is 107 cm³/mol. The molecule has 0 unspecified atom stereocenters. The minimum Gasteiger partial charge on any atom is -0.489 e. The average Bonchev–Trinajstić information content (AvgIpc) is 2.74. The number of rotatable bonds is 5. The van der Waals surface area contributed by atoms with Crippen LogP contribution in [0.25, 0.3) is 11.1 Å². The summed E-state index contributed by atoms with van der Waals surface area (Å²) in [5, 5.41) is 0. The third-order valence-electron chi connectivity index (χ3n) is 5.32. The van der Waals surface area contributed by atoms with E-state index in [4.69, 9.17) is 4.74 Å². The van der Waals surface area contributed by atoms with Gasteiger partial charge in [-0.2, -0.15) is 0 Å². The number of hydrogen-bond acceptors (Lipinski definition) is 1. The molecule has 1 heteroatoms. The molecule has 1 radical (unpaired) electrons. The lowest BCUT2D eigenvalue weighted by atomic mass is 9.83. The SMILES string of the molecule is [c]1ccc(C2CCCCC2)cc1-c1ccc(OCc2ccccc2)cc1. The van der Waals surface area contributed by atoms with Crippen molar-refractivity contribution in [2.24, 2.45) is 0 Å². The fourth-order valence-electron chi connectivity index (χ4n) is 3.81. The number of hydrogen-bond donors (Lipinski definition) is 0. The third kappa shape index (κ3) is 4.16. The van der Waals surface area contributed by atoms with E-state index in [1.165, 1.54) is 54.4 Å². The Kier molecular flexibility index (Phi) is 5.35. The van der Waals surface area contributed by atoms with E-state index in [0.717, 1.165) is 11.7 Å². The molecule has 1 aliphatic carbocycles. The maximum absolute atomic E-state index is 5.89. The minimum atomic E-state index is 0.601. The number of ether oxygens (including phenoxy) is 1. The standard InChI is InChI=1S/C25H25O/c1-3-8-20(9-4-1)19-26-25-16-14-22(15-17-25)24-13-7-12-23(18-24)21-10-5-2-6-11-21/h1,3-4,7-9,12,14-18,21H,2,5-6,10-11,19H2. The Bertz CT molecular complexity index is 814. The summed E-state index contributed by atoms with van der Waals surface area (Å²) in [7, 11) is 0. The molecule has 0 amide bonds. The first-order valence-corrected chi connectivity index (χ1v) is 9.67. The quantitative estimate of drug-likeness (QED) is 0.497. The third-order valence-corrected chi connectivity index (χ3v) is 5.32. The van der Waals surface area contributed by atoms with Crippen molar-refractivity contribution >= 4 is 0 Å². The van der Waals surface area contributed by atoms with Gasteiger partial charge in [-0.15, -0.1) is 0 Å². The van der Waals surface area contributed by atoms with Gasteiger partial charge in [0, 0.05) is 0 Å². The summed E-state index contributed by atoms with van der Waals surface area (Å²) >= 11 is 0. The molecule has 1 nitrogen and oxygen atoms in total. The molecule has 3 aromatic carbocycles. The molecule has 26 heavy (non-hydrogen) atoms. The maximum atomic E-state index is 5.89. The van der Waals surface area contributed by atoms with Crippen LogP contribution in [0.3, 0.4) is 0 Å². The predicted octanol–water partition coefficient (Wildman–Crippen LogP) is 6.78. The molecule has 0 aliphatic heterocycles. The van der Waals surface area contributed by atoms with Gasteiger partial charge in [0.05, 0.1) is 0 Å². The Labute approximate surface area is 156 Å². The largest absolute Gasteiger partial charge is 0.489 e. The van der Waals surface area contributed by atoms with E-state index in [2.05, 4.69) is 60.7 Å². The monoisotopic (exact) mass is 341 g/mol. The van der Waals surface area contributed by atoms with E-state index in [1.54, 1.807) is 0 Å². The second kappa shape index (κ2) is 8.23. The van der Waals surface area contributed by atoms with Gasteiger partial charge >= 0.3 is 0 Å². The summed E-state index contributed by atoms with van der Waals surface area (Å²) in [6.07, 6.45) is 6.79. The zero-order valence-electron chi connectivity index (χ0n) is 15.2. The van der Waals surface area contributed by atoms with E-state index < -0.39 is 0 Å². The molecule has 1 fully saturated rings. The lowest BCUT2D eigenvalue weighted by Gasteiger charge is -2.22. The maximum Gasteiger partial charge on any atom is 0.119 e. The molecular weight excluding hydrogens is 316 g/mol. The van der Waals surface area contributed by atoms with Crippen LogP contribution in [0.1, 0.15) is 49.1 Å². The molecule has 0 saturated heterocycles. The van der Waals surface area contributed by atoms with Crippen molar-refractivity contribution < 1.29 is 4.74 Å². The highest BCUT2D eigenvalue weighted by molar-refractivity contribution is 5.64. The topological polar surface area (TPSA) is 9.23 Å². The van der Waals surface area contributed by atoms with Crippen molar-refractivity contribution in [3.8, 4) is 16.9 Å². The van der Waals surface area contributed by atoms with Gasteiger partial charge in [-0.3, -0.25) is 0 Å². The summed E-state index contributed by atoms with van der Waals surface area (Å²) in [5.41, 5.74) is 5.05. The highest BCUT2D eigenvalue weighted by Crippen LogP contribution is 2.34. The van der Waals surface area contributed by atoms with E-state index in [0.29, 0.717) is 6.61 Å². The zero-order chi connectivity index (χ0) is 17.6. The van der Waals surface area contributed by atoms with E-state index in [9.17, 15) is 0 Å². The molecule has 0 bridgehead atoms. The van der Waals surface area contributed by atoms with Gasteiger partial charge in [0.25, 0.3) is 0 Å². The van der Waals surface area contributed by atoms with Gasteiger partial charge in [0.2, 0.25) is 0 Å². The first kappa shape index (κ1) is 16.9. The van der Waals surface area contributed by atoms with E-state index >= 15 is 0 Å². The van der Waals surface area contributed by atoms with Crippen LogP contribution in [0.2, 0.25) is 0 Å². The van der Waals surface area contributed by atoms with Gasteiger partial charge < -0.3 is 4.74 Å². The van der Waals surface area contributed by atoms with Gasteiger partial charge in [-0.05, 0) is 59.2 Å². The molecule has 0 heterocycles. The minimum absolute atomic E-state index is 0.601. The first-order chi connectivity index (χ1) is 12.9. The Morgan fingerprint density at radius 2 is 1.62 bits per heavy atom. The fourth-order valence-corrected chi connectivity index (χ4v) is 3.81. The van der Waals surface area contributed by atoms with E-state index in [-0.39, 0.29) is 0 Å². The summed E-state index contributed by atoms with van der Waals surface area (Å²) in [4.78, 5) is 0. The molecule has 1 aliphatic rings. The van der Waals surface area contributed by atoms with Crippen molar-refractivity contribution in [3.63, 3.8) is 0 Å². The van der Waals surface area contributed by atoms with Crippen molar-refractivity contribution in [1.29, 1.82) is 0 Å². The second-order valence-electron chi connectivity index (χ2n) is 7.17. The zero-order valence-corrected chi connectivity index (χ0v) is 15.2. The summed E-state index contributed by atoms with van der Waals surface area (Å²) in [5.74, 6) is 1.63. The van der Waals surface area contributed by atoms with Crippen LogP contribution in [-0.2, 0) is 6.61 Å². The van der Waals surface area contributed by atoms with Crippen LogP contribution in [0, 0.1) is 6.07 Å². The fraction of sp³-hybridized carbons (Fsp3) is 0.280. The van der Waals surface area contributed by atoms with Crippen molar-refractivity contribution in [2.45, 2.75) is 44.6 Å². The smallest absolute Gasteiger partial charge is 0.119 e. The van der Waals surface area contributed by atoms with Crippen molar-refractivity contribution in [2.75, 3.05) is 0 Å². The van der Waals surface area contributed by atoms with Crippen LogP contribution in [-0.4, -0.2) is 0 Å². The van der Waals surface area contributed by atoms with Gasteiger partial charge in [-0.1, -0.05) is 79.9 Å². The summed E-state index contributed by atoms with van der Waals surface area (Å²) < 4.78 is 5.89. The summed E-state index contributed by atoms with van der Waals surface area (Å²) in [6, 6.07) is 28.7. The van der Waals surface area contributed by atoms with Crippen molar-refractivity contribution in [1.82, 2.24) is 0 Å². The van der Waals surface area contributed by atoms with Crippen LogP contribution in [0.15, 0.2) is 72.8 Å². The van der Waals surface area contributed by atoms with Crippen LogP contribution >= 0.6 is 0 Å². The molecular formula is C25H25O. The van der Waals surface area contributed by atoms with Gasteiger partial charge in [0.15, 0.2) is 0 Å². The normalized spacial score (nSPS) is 14.9. The lowest BCUT2D eigenvalue weighted by Crippen LogP contribution is -2.04.